The molecule has 3 rings (SSSR count). The number of halogens is 6. The second-order valence-corrected chi connectivity index (χ2v) is 7.41. The molecule has 1 aliphatic heterocycles. The third-order valence-corrected chi connectivity index (χ3v) is 5.31. The molecule has 0 amide bonds. The van der Waals surface area contributed by atoms with Crippen molar-refractivity contribution in [2.24, 2.45) is 0 Å². The Bertz CT molecular complexity index is 1100. The molecule has 4 unspecified atom stereocenters. The number of alkyl halides is 6. The van der Waals surface area contributed by atoms with Crippen molar-refractivity contribution in [3.8, 4) is 11.3 Å². The Labute approximate surface area is 182 Å². The van der Waals surface area contributed by atoms with Crippen LogP contribution in [0.15, 0.2) is 24.4 Å². The molecular weight excluding hydrogens is 444 g/mol. The maximum atomic E-state index is 13.7. The van der Waals surface area contributed by atoms with Crippen LogP contribution in [0.1, 0.15) is 33.8 Å². The van der Waals surface area contributed by atoms with Crippen LogP contribution in [-0.4, -0.2) is 51.2 Å². The fraction of sp³-hybridized carbons (Fsp3) is 0.474. The molecule has 2 aromatic rings. The third kappa shape index (κ3) is 4.12. The molecule has 176 valence electrons. The zero-order chi connectivity index (χ0) is 26.6. The Morgan fingerprint density at radius 2 is 1.94 bits per heavy atom. The molecule has 0 spiro atoms. The van der Waals surface area contributed by atoms with Gasteiger partial charge in [-0.1, -0.05) is 12.1 Å². The number of nitrogens with one attached hydrogen (secondary N) is 2. The summed E-state index contributed by atoms with van der Waals surface area (Å²) in [6, 6.07) is 1.18. The van der Waals surface area contributed by atoms with Crippen molar-refractivity contribution in [2.45, 2.75) is 49.8 Å². The molecule has 1 aromatic heterocycles. The number of aliphatic hydroxyl groups is 2. The van der Waals surface area contributed by atoms with Crippen LogP contribution in [-0.2, 0) is 5.60 Å². The van der Waals surface area contributed by atoms with Crippen molar-refractivity contribution in [3.63, 3.8) is 0 Å². The van der Waals surface area contributed by atoms with Gasteiger partial charge in [0, 0.05) is 28.2 Å². The van der Waals surface area contributed by atoms with Crippen LogP contribution >= 0.6 is 0 Å². The summed E-state index contributed by atoms with van der Waals surface area (Å²) >= 11 is 0. The van der Waals surface area contributed by atoms with Gasteiger partial charge in [0.15, 0.2) is 6.10 Å². The van der Waals surface area contributed by atoms with Gasteiger partial charge >= 0.3 is 12.4 Å². The van der Waals surface area contributed by atoms with E-state index in [4.69, 9.17) is 9.85 Å². The highest BCUT2D eigenvalue weighted by Gasteiger charge is 2.67. The number of nitrogens with zero attached hydrogens (tertiary/aromatic N) is 2. The van der Waals surface area contributed by atoms with Crippen molar-refractivity contribution in [3.05, 3.63) is 41.2 Å². The van der Waals surface area contributed by atoms with Gasteiger partial charge in [-0.2, -0.15) is 26.3 Å². The summed E-state index contributed by atoms with van der Waals surface area (Å²) in [7, 11) is 0. The van der Waals surface area contributed by atoms with Crippen LogP contribution in [0.2, 0.25) is 0 Å². The van der Waals surface area contributed by atoms with Crippen LogP contribution in [0.5, 0.6) is 0 Å². The molecule has 0 aliphatic carbocycles. The largest absolute Gasteiger partial charge is 0.424 e. The number of rotatable bonds is 4. The lowest BCUT2D eigenvalue weighted by molar-refractivity contribution is -0.347. The summed E-state index contributed by atoms with van der Waals surface area (Å²) in [6.45, 7) is -0.823. The van der Waals surface area contributed by atoms with E-state index in [2.05, 4.69) is 20.8 Å². The van der Waals surface area contributed by atoms with Crippen LogP contribution < -0.4 is 16.6 Å². The highest BCUT2D eigenvalue weighted by molar-refractivity contribution is 5.65. The van der Waals surface area contributed by atoms with Crippen LogP contribution in [0.4, 0.5) is 32.2 Å². The maximum Gasteiger partial charge on any atom is 0.424 e. The standard InChI is InChI=1S/C19H21F6N5O2/c1-8-3-4-10(17(32,19(23,24)25)16(31)18(20,21)22)5-11(8)13-7-27-15(26)14(29-13)12-6-28-30-9(12)2/h3-5,7,9,12,16,28,30-32H,6H2,1-2H3,(H2,26,27)/i1D3. The molecule has 2 heterocycles. The van der Waals surface area contributed by atoms with Crippen molar-refractivity contribution >= 4 is 5.82 Å². The van der Waals surface area contributed by atoms with E-state index in [1.54, 1.807) is 6.92 Å². The van der Waals surface area contributed by atoms with Crippen LogP contribution in [0, 0.1) is 6.85 Å². The number of hydrogen-bond donors (Lipinski definition) is 5. The fourth-order valence-corrected chi connectivity index (χ4v) is 3.46. The summed E-state index contributed by atoms with van der Waals surface area (Å²) in [5.74, 6) is -0.414. The second-order valence-electron chi connectivity index (χ2n) is 7.41. The number of hydrazine groups is 1. The summed E-state index contributed by atoms with van der Waals surface area (Å²) in [5.41, 5.74) is 4.19. The van der Waals surface area contributed by atoms with E-state index in [0.717, 1.165) is 6.20 Å². The first-order valence-corrected chi connectivity index (χ1v) is 9.19. The Morgan fingerprint density at radius 1 is 1.25 bits per heavy atom. The zero-order valence-corrected chi connectivity index (χ0v) is 16.4. The average Bonchev–Trinajstić information content (AvgIpc) is 3.16. The first-order valence-electron chi connectivity index (χ1n) is 10.7. The van der Waals surface area contributed by atoms with E-state index in [9.17, 15) is 36.6 Å². The van der Waals surface area contributed by atoms with Gasteiger partial charge < -0.3 is 15.9 Å². The number of nitrogens with two attached hydrogens (primary N) is 1. The minimum Gasteiger partial charge on any atom is -0.382 e. The van der Waals surface area contributed by atoms with Gasteiger partial charge in [-0.05, 0) is 31.0 Å². The predicted molar refractivity (Wildman–Crippen MR) is 102 cm³/mol. The molecule has 32 heavy (non-hydrogen) atoms. The zero-order valence-electron chi connectivity index (χ0n) is 19.4. The van der Waals surface area contributed by atoms with Gasteiger partial charge in [0.25, 0.3) is 0 Å². The highest BCUT2D eigenvalue weighted by Crippen LogP contribution is 2.47. The Morgan fingerprint density at radius 3 is 2.47 bits per heavy atom. The number of nitrogen functional groups attached to an aromatic ring is 1. The molecule has 1 aliphatic rings. The predicted octanol–water partition coefficient (Wildman–Crippen LogP) is 2.29. The highest BCUT2D eigenvalue weighted by atomic mass is 19.4. The topological polar surface area (TPSA) is 116 Å². The van der Waals surface area contributed by atoms with Gasteiger partial charge in [-0.25, -0.2) is 9.97 Å². The quantitative estimate of drug-likeness (QED) is 0.437. The minimum atomic E-state index is -5.99. The van der Waals surface area contributed by atoms with E-state index in [1.165, 1.54) is 0 Å². The molecular formula is C19H21F6N5O2. The lowest BCUT2D eigenvalue weighted by atomic mass is 9.84. The Hall–Kier alpha value is -2.48. The number of aromatic nitrogens is 2. The van der Waals surface area contributed by atoms with Gasteiger partial charge in [0.2, 0.25) is 5.60 Å². The molecule has 13 heteroatoms. The fourth-order valence-electron chi connectivity index (χ4n) is 3.46. The molecule has 0 saturated carbocycles. The summed E-state index contributed by atoms with van der Waals surface area (Å²) in [6.07, 6.45) is -15.2. The average molecular weight is 468 g/mol. The molecule has 4 atom stereocenters. The van der Waals surface area contributed by atoms with Crippen molar-refractivity contribution in [1.29, 1.82) is 0 Å². The molecule has 0 bridgehead atoms. The van der Waals surface area contributed by atoms with Crippen molar-refractivity contribution < 1.29 is 40.7 Å². The molecule has 1 fully saturated rings. The number of aliphatic hydroxyl groups excluding tert-OH is 1. The first kappa shape index (κ1) is 20.1. The van der Waals surface area contributed by atoms with Crippen molar-refractivity contribution in [1.82, 2.24) is 20.8 Å². The number of hydrogen-bond acceptors (Lipinski definition) is 7. The lowest BCUT2D eigenvalue weighted by Gasteiger charge is -2.36. The summed E-state index contributed by atoms with van der Waals surface area (Å²) in [4.78, 5) is 8.20. The molecule has 0 radical (unpaired) electrons. The van der Waals surface area contributed by atoms with E-state index < -0.39 is 47.6 Å². The Balaban J connectivity index is 2.28. The van der Waals surface area contributed by atoms with Crippen molar-refractivity contribution in [2.75, 3.05) is 12.3 Å². The van der Waals surface area contributed by atoms with E-state index in [0.29, 0.717) is 24.7 Å². The first-order chi connectivity index (χ1) is 15.9. The number of aryl methyl sites for hydroxylation is 1. The number of anilines is 1. The maximum absolute atomic E-state index is 13.7. The normalized spacial score (nSPS) is 24.3. The monoisotopic (exact) mass is 468 g/mol. The lowest BCUT2D eigenvalue weighted by Crippen LogP contribution is -2.57. The van der Waals surface area contributed by atoms with Crippen LogP contribution in [0.3, 0.4) is 0 Å². The summed E-state index contributed by atoms with van der Waals surface area (Å²) in [5, 5.41) is 19.7. The van der Waals surface area contributed by atoms with Gasteiger partial charge in [0.1, 0.15) is 5.82 Å². The van der Waals surface area contributed by atoms with Gasteiger partial charge in [-0.3, -0.25) is 10.9 Å². The Kier molecular flexibility index (Phi) is 5.12. The van der Waals surface area contributed by atoms with E-state index >= 15 is 0 Å². The number of benzene rings is 1. The molecule has 1 saturated heterocycles. The van der Waals surface area contributed by atoms with Gasteiger partial charge in [0.05, 0.1) is 17.6 Å². The molecule has 7 nitrogen and oxygen atoms in total. The second kappa shape index (κ2) is 8.14. The van der Waals surface area contributed by atoms with E-state index in [1.807, 2.05) is 0 Å². The molecule has 6 N–H and O–H groups in total. The van der Waals surface area contributed by atoms with Gasteiger partial charge in [-0.15, -0.1) is 0 Å². The van der Waals surface area contributed by atoms with Crippen LogP contribution in [0.25, 0.3) is 11.3 Å². The molecule has 1 aromatic carbocycles. The minimum absolute atomic E-state index is 0.0398. The SMILES string of the molecule is [2H]C([2H])([2H])c1ccc(C(O)(C(O)C(F)(F)F)C(F)(F)F)cc1-c1cnc(N)c(C2CNNC2C)n1. The van der Waals surface area contributed by atoms with E-state index in [-0.39, 0.29) is 29.2 Å². The third-order valence-electron chi connectivity index (χ3n) is 5.31. The summed E-state index contributed by atoms with van der Waals surface area (Å²) < 4.78 is 104. The smallest absolute Gasteiger partial charge is 0.382 e.